The molecular weight excluding hydrogens is 286 g/mol. The number of carbonyl (C=O) groups is 1. The fourth-order valence-electron chi connectivity index (χ4n) is 4.39. The zero-order valence-electron chi connectivity index (χ0n) is 14.4. The zero-order valence-corrected chi connectivity index (χ0v) is 14.4. The average molecular weight is 315 g/mol. The molecule has 2 heterocycles. The molecule has 1 aromatic rings. The van der Waals surface area contributed by atoms with Crippen molar-refractivity contribution >= 4 is 11.7 Å². The maximum Gasteiger partial charge on any atom is 0.228 e. The van der Waals surface area contributed by atoms with Crippen LogP contribution in [0.15, 0.2) is 24.4 Å². The van der Waals surface area contributed by atoms with Gasteiger partial charge in [0.15, 0.2) is 0 Å². The number of hydrogen-bond acceptors (Lipinski definition) is 3. The van der Waals surface area contributed by atoms with Crippen LogP contribution in [0.5, 0.6) is 0 Å². The van der Waals surface area contributed by atoms with Crippen molar-refractivity contribution in [2.45, 2.75) is 52.0 Å². The highest BCUT2D eigenvalue weighted by molar-refractivity contribution is 5.92. The molecule has 0 spiro atoms. The number of piperidine rings is 1. The molecule has 1 aliphatic carbocycles. The molecule has 23 heavy (non-hydrogen) atoms. The highest BCUT2D eigenvalue weighted by Gasteiger charge is 2.34. The van der Waals surface area contributed by atoms with Gasteiger partial charge in [0.25, 0.3) is 0 Å². The molecule has 3 rings (SSSR count). The van der Waals surface area contributed by atoms with E-state index < -0.39 is 0 Å². The van der Waals surface area contributed by atoms with Crippen LogP contribution in [-0.2, 0) is 4.79 Å². The lowest BCUT2D eigenvalue weighted by Gasteiger charge is -2.38. The maximum absolute atomic E-state index is 12.4. The minimum atomic E-state index is 0.159. The van der Waals surface area contributed by atoms with E-state index in [2.05, 4.69) is 16.8 Å². The largest absolute Gasteiger partial charge is 0.301 e. The highest BCUT2D eigenvalue weighted by Crippen LogP contribution is 2.37. The van der Waals surface area contributed by atoms with Crippen molar-refractivity contribution in [1.29, 1.82) is 0 Å². The number of anilines is 1. The molecule has 3 atom stereocenters. The first-order valence-electron chi connectivity index (χ1n) is 9.14. The van der Waals surface area contributed by atoms with E-state index in [-0.39, 0.29) is 11.9 Å². The Balaban J connectivity index is 1.66. The molecule has 3 unspecified atom stereocenters. The molecular formula is C19H29N3O. The van der Waals surface area contributed by atoms with Gasteiger partial charge in [0.2, 0.25) is 5.91 Å². The van der Waals surface area contributed by atoms with Gasteiger partial charge in [-0.3, -0.25) is 9.69 Å². The molecule has 0 bridgehead atoms. The lowest BCUT2D eigenvalue weighted by Crippen LogP contribution is -2.49. The molecule has 1 amide bonds. The lowest BCUT2D eigenvalue weighted by atomic mass is 9.88. The van der Waals surface area contributed by atoms with Crippen molar-refractivity contribution in [3.8, 4) is 0 Å². The second kappa shape index (κ2) is 7.43. The van der Waals surface area contributed by atoms with E-state index in [1.165, 1.54) is 38.8 Å². The molecule has 126 valence electrons. The van der Waals surface area contributed by atoms with E-state index in [4.69, 9.17) is 0 Å². The third-order valence-corrected chi connectivity index (χ3v) is 5.56. The van der Waals surface area contributed by atoms with E-state index in [1.807, 2.05) is 30.0 Å². The summed E-state index contributed by atoms with van der Waals surface area (Å²) in [6.45, 7) is 7.43. The highest BCUT2D eigenvalue weighted by atomic mass is 16.2. The summed E-state index contributed by atoms with van der Waals surface area (Å²) in [5, 5.41) is 0. The van der Waals surface area contributed by atoms with Gasteiger partial charge < -0.3 is 4.90 Å². The van der Waals surface area contributed by atoms with Gasteiger partial charge in [-0.2, -0.15) is 0 Å². The van der Waals surface area contributed by atoms with Crippen molar-refractivity contribution in [1.82, 2.24) is 9.88 Å². The Morgan fingerprint density at radius 2 is 2.17 bits per heavy atom. The van der Waals surface area contributed by atoms with Crippen LogP contribution < -0.4 is 4.90 Å². The normalized spacial score (nSPS) is 25.8. The Labute approximate surface area is 139 Å². The Kier molecular flexibility index (Phi) is 5.31. The third kappa shape index (κ3) is 3.74. The van der Waals surface area contributed by atoms with Gasteiger partial charge in [-0.05, 0) is 50.3 Å². The van der Waals surface area contributed by atoms with E-state index in [0.717, 1.165) is 24.2 Å². The summed E-state index contributed by atoms with van der Waals surface area (Å²) in [6, 6.07) is 5.95. The average Bonchev–Trinajstić information content (AvgIpc) is 3.03. The van der Waals surface area contributed by atoms with Gasteiger partial charge in [0.05, 0.1) is 0 Å². The Morgan fingerprint density at radius 1 is 1.35 bits per heavy atom. The molecule has 1 aliphatic heterocycles. The molecule has 4 nitrogen and oxygen atoms in total. The Morgan fingerprint density at radius 3 is 2.91 bits per heavy atom. The van der Waals surface area contributed by atoms with Gasteiger partial charge in [-0.15, -0.1) is 0 Å². The molecule has 1 saturated heterocycles. The van der Waals surface area contributed by atoms with Crippen LogP contribution in [0.2, 0.25) is 0 Å². The molecule has 2 aliphatic rings. The first-order valence-corrected chi connectivity index (χ1v) is 9.14. The van der Waals surface area contributed by atoms with Crippen molar-refractivity contribution in [3.63, 3.8) is 0 Å². The van der Waals surface area contributed by atoms with E-state index in [0.29, 0.717) is 6.42 Å². The summed E-state index contributed by atoms with van der Waals surface area (Å²) in [7, 11) is 0. The number of nitrogens with zero attached hydrogens (tertiary/aromatic N) is 3. The van der Waals surface area contributed by atoms with Crippen molar-refractivity contribution in [3.05, 3.63) is 24.4 Å². The molecule has 2 fully saturated rings. The monoisotopic (exact) mass is 315 g/mol. The van der Waals surface area contributed by atoms with Gasteiger partial charge in [-0.25, -0.2) is 4.98 Å². The first-order chi connectivity index (χ1) is 11.2. The first kappa shape index (κ1) is 16.4. The summed E-state index contributed by atoms with van der Waals surface area (Å²) in [4.78, 5) is 21.3. The molecule has 0 aromatic carbocycles. The molecule has 0 radical (unpaired) electrons. The number of rotatable bonds is 5. The fourth-order valence-corrected chi connectivity index (χ4v) is 4.39. The van der Waals surface area contributed by atoms with Crippen molar-refractivity contribution < 1.29 is 4.79 Å². The van der Waals surface area contributed by atoms with Crippen LogP contribution in [0.4, 0.5) is 5.82 Å². The topological polar surface area (TPSA) is 36.4 Å². The van der Waals surface area contributed by atoms with Gasteiger partial charge >= 0.3 is 0 Å². The quantitative estimate of drug-likeness (QED) is 0.836. The van der Waals surface area contributed by atoms with Crippen LogP contribution in [0.25, 0.3) is 0 Å². The molecule has 4 heteroatoms. The number of amides is 1. The van der Waals surface area contributed by atoms with Crippen molar-refractivity contribution in [2.75, 3.05) is 24.5 Å². The van der Waals surface area contributed by atoms with Gasteiger partial charge in [0.1, 0.15) is 5.82 Å². The molecule has 1 saturated carbocycles. The number of pyridine rings is 1. The number of hydrogen-bond donors (Lipinski definition) is 0. The summed E-state index contributed by atoms with van der Waals surface area (Å²) >= 11 is 0. The number of likely N-dealkylation sites (tertiary alicyclic amines) is 1. The van der Waals surface area contributed by atoms with Crippen LogP contribution in [0.1, 0.15) is 46.0 Å². The van der Waals surface area contributed by atoms with Crippen LogP contribution in [-0.4, -0.2) is 41.5 Å². The van der Waals surface area contributed by atoms with Crippen molar-refractivity contribution in [2.24, 2.45) is 11.8 Å². The Hall–Kier alpha value is -1.42. The zero-order chi connectivity index (χ0) is 16.2. The van der Waals surface area contributed by atoms with Crippen LogP contribution >= 0.6 is 0 Å². The molecule has 0 N–H and O–H groups in total. The SMILES string of the molecule is CCC(=O)N(c1ccccn1)C(C)CN1CCC2CCCC2C1. The number of carbonyl (C=O) groups excluding carboxylic acids is 1. The predicted molar refractivity (Wildman–Crippen MR) is 93.4 cm³/mol. The standard InChI is InChI=1S/C19H29N3O/c1-3-19(23)22(18-9-4-5-11-20-18)15(2)13-21-12-10-16-7-6-8-17(16)14-21/h4-5,9,11,15-17H,3,6-8,10,12-14H2,1-2H3. The smallest absolute Gasteiger partial charge is 0.228 e. The van der Waals surface area contributed by atoms with Crippen LogP contribution in [0, 0.1) is 11.8 Å². The van der Waals surface area contributed by atoms with Gasteiger partial charge in [0, 0.05) is 31.7 Å². The number of fused-ring (bicyclic) bond motifs is 1. The minimum Gasteiger partial charge on any atom is -0.301 e. The third-order valence-electron chi connectivity index (χ3n) is 5.56. The minimum absolute atomic E-state index is 0.159. The van der Waals surface area contributed by atoms with E-state index in [1.54, 1.807) is 6.20 Å². The van der Waals surface area contributed by atoms with Gasteiger partial charge in [-0.1, -0.05) is 25.8 Å². The number of aromatic nitrogens is 1. The summed E-state index contributed by atoms with van der Waals surface area (Å²) in [5.74, 6) is 2.79. The summed E-state index contributed by atoms with van der Waals surface area (Å²) < 4.78 is 0. The van der Waals surface area contributed by atoms with Crippen LogP contribution in [0.3, 0.4) is 0 Å². The lowest BCUT2D eigenvalue weighted by molar-refractivity contribution is -0.118. The fraction of sp³-hybridized carbons (Fsp3) is 0.684. The summed E-state index contributed by atoms with van der Waals surface area (Å²) in [6.07, 6.45) is 7.86. The second-order valence-corrected chi connectivity index (χ2v) is 7.15. The summed E-state index contributed by atoms with van der Waals surface area (Å²) in [5.41, 5.74) is 0. The maximum atomic E-state index is 12.4. The Bertz CT molecular complexity index is 519. The molecule has 1 aromatic heterocycles. The van der Waals surface area contributed by atoms with E-state index in [9.17, 15) is 4.79 Å². The predicted octanol–water partition coefficient (Wildman–Crippen LogP) is 3.34. The second-order valence-electron chi connectivity index (χ2n) is 7.15. The van der Waals surface area contributed by atoms with E-state index >= 15 is 0 Å².